The van der Waals surface area contributed by atoms with Crippen molar-refractivity contribution in [1.82, 2.24) is 0 Å². The Morgan fingerprint density at radius 1 is 0.694 bits per heavy atom. The van der Waals surface area contributed by atoms with Crippen molar-refractivity contribution in [2.45, 2.75) is 47.0 Å². The molecule has 0 aromatic heterocycles. The Kier molecular flexibility index (Phi) is 14.2. The number of hydrogen-bond donors (Lipinski definition) is 0. The molecule has 0 saturated carbocycles. The smallest absolute Gasteiger partial charge is 0.0251 e. The summed E-state index contributed by atoms with van der Waals surface area (Å²) in [7, 11) is 0. The van der Waals surface area contributed by atoms with E-state index in [-0.39, 0.29) is 0 Å². The summed E-state index contributed by atoms with van der Waals surface area (Å²) in [5.41, 5.74) is 3.72. The number of thioether (sulfide) groups is 2. The van der Waals surface area contributed by atoms with Crippen molar-refractivity contribution in [3.8, 4) is 11.1 Å². The third-order valence-electron chi connectivity index (χ3n) is 5.20. The average molecular weight is 511 g/mol. The molecule has 0 saturated heterocycles. The van der Waals surface area contributed by atoms with Gasteiger partial charge in [-0.2, -0.15) is 0 Å². The molecule has 186 valence electrons. The molecule has 0 heterocycles. The molecule has 0 aliphatic heterocycles. The molecule has 2 atom stereocenters. The fourth-order valence-electron chi connectivity index (χ4n) is 3.41. The van der Waals surface area contributed by atoms with Gasteiger partial charge in [-0.1, -0.05) is 117 Å². The second-order valence-electron chi connectivity index (χ2n) is 8.22. The minimum atomic E-state index is 0.373. The number of hydrogen-bond acceptors (Lipinski definition) is 2. The highest BCUT2D eigenvalue weighted by Crippen LogP contribution is 2.30. The van der Waals surface area contributed by atoms with Gasteiger partial charge in [0, 0.05) is 20.3 Å². The van der Waals surface area contributed by atoms with Gasteiger partial charge in [-0.3, -0.25) is 0 Å². The molecule has 0 fully saturated rings. The van der Waals surface area contributed by atoms with E-state index in [4.69, 9.17) is 0 Å². The molecule has 2 heteroatoms. The Bertz CT molecular complexity index is 1090. The summed E-state index contributed by atoms with van der Waals surface area (Å²) >= 11 is 3.73. The van der Waals surface area contributed by atoms with E-state index in [0.717, 1.165) is 12.8 Å². The maximum Gasteiger partial charge on any atom is 0.0251 e. The van der Waals surface area contributed by atoms with Crippen LogP contribution in [0, 0.1) is 0 Å². The molecule has 0 bridgehead atoms. The highest BCUT2D eigenvalue weighted by atomic mass is 32.2. The lowest BCUT2D eigenvalue weighted by atomic mass is 10.1. The minimum Gasteiger partial charge on any atom is -0.119 e. The highest BCUT2D eigenvalue weighted by molar-refractivity contribution is 8.00. The Morgan fingerprint density at radius 3 is 1.78 bits per heavy atom. The topological polar surface area (TPSA) is 0 Å². The third kappa shape index (κ3) is 11.7. The van der Waals surface area contributed by atoms with Crippen LogP contribution in [0.5, 0.6) is 0 Å². The van der Waals surface area contributed by atoms with Crippen LogP contribution in [0.2, 0.25) is 0 Å². The minimum absolute atomic E-state index is 0.373. The lowest BCUT2D eigenvalue weighted by Crippen LogP contribution is -1.92. The Morgan fingerprint density at radius 2 is 1.22 bits per heavy atom. The van der Waals surface area contributed by atoms with Gasteiger partial charge in [-0.15, -0.1) is 23.5 Å². The molecule has 2 unspecified atom stereocenters. The first-order valence-electron chi connectivity index (χ1n) is 12.3. The van der Waals surface area contributed by atoms with Gasteiger partial charge in [0.1, 0.15) is 0 Å². The van der Waals surface area contributed by atoms with E-state index >= 15 is 0 Å². The van der Waals surface area contributed by atoms with E-state index in [1.165, 1.54) is 26.5 Å². The predicted octanol–water partition coefficient (Wildman–Crippen LogP) is 10.8. The van der Waals surface area contributed by atoms with E-state index < -0.39 is 0 Å². The van der Waals surface area contributed by atoms with Gasteiger partial charge in [0.15, 0.2) is 0 Å². The molecule has 2 aromatic carbocycles. The van der Waals surface area contributed by atoms with E-state index in [1.54, 1.807) is 12.2 Å². The second kappa shape index (κ2) is 17.5. The largest absolute Gasteiger partial charge is 0.119 e. The lowest BCUT2D eigenvalue weighted by Gasteiger charge is -2.10. The van der Waals surface area contributed by atoms with Gasteiger partial charge in [-0.25, -0.2) is 0 Å². The molecule has 0 aliphatic rings. The summed E-state index contributed by atoms with van der Waals surface area (Å²) in [6, 6.07) is 17.7. The second-order valence-corrected chi connectivity index (χ2v) is 11.1. The molecule has 0 radical (unpaired) electrons. The van der Waals surface area contributed by atoms with E-state index in [1.807, 2.05) is 41.8 Å². The van der Waals surface area contributed by atoms with Gasteiger partial charge in [0.2, 0.25) is 0 Å². The maximum absolute atomic E-state index is 3.95. The first-order chi connectivity index (χ1) is 17.5. The van der Waals surface area contributed by atoms with Crippen molar-refractivity contribution >= 4 is 23.5 Å². The molecule has 2 rings (SSSR count). The first kappa shape index (κ1) is 29.3. The van der Waals surface area contributed by atoms with E-state index in [2.05, 4.69) is 125 Å². The maximum atomic E-state index is 3.95. The molecular formula is C34H38S2. The molecule has 0 N–H and O–H groups in total. The monoisotopic (exact) mass is 510 g/mol. The highest BCUT2D eigenvalue weighted by Gasteiger charge is 2.05. The summed E-state index contributed by atoms with van der Waals surface area (Å²) in [5, 5.41) is 0.786. The number of benzene rings is 2. The number of allylic oxidation sites excluding steroid dienone is 11. The van der Waals surface area contributed by atoms with Crippen LogP contribution in [0.25, 0.3) is 11.1 Å². The van der Waals surface area contributed by atoms with Crippen molar-refractivity contribution in [3.63, 3.8) is 0 Å². The zero-order valence-corrected chi connectivity index (χ0v) is 23.2. The van der Waals surface area contributed by atoms with Crippen molar-refractivity contribution in [2.75, 3.05) is 0 Å². The molecule has 0 aliphatic carbocycles. The molecule has 0 nitrogen and oxygen atoms in total. The summed E-state index contributed by atoms with van der Waals surface area (Å²) in [5.74, 6) is 0. The van der Waals surface area contributed by atoms with Crippen LogP contribution in [0.3, 0.4) is 0 Å². The van der Waals surface area contributed by atoms with Gasteiger partial charge >= 0.3 is 0 Å². The van der Waals surface area contributed by atoms with Crippen molar-refractivity contribution in [2.24, 2.45) is 0 Å². The summed E-state index contributed by atoms with van der Waals surface area (Å²) < 4.78 is 0. The molecule has 2 aromatic rings. The number of rotatable bonds is 15. The van der Waals surface area contributed by atoms with Crippen molar-refractivity contribution in [3.05, 3.63) is 147 Å². The van der Waals surface area contributed by atoms with Gasteiger partial charge in [-0.05, 0) is 67.7 Å². The van der Waals surface area contributed by atoms with Crippen LogP contribution in [0.1, 0.15) is 26.7 Å². The van der Waals surface area contributed by atoms with Gasteiger partial charge < -0.3 is 0 Å². The summed E-state index contributed by atoms with van der Waals surface area (Å²) in [6.45, 7) is 15.8. The zero-order valence-electron chi connectivity index (χ0n) is 21.6. The van der Waals surface area contributed by atoms with Crippen LogP contribution in [-0.2, 0) is 0 Å². The summed E-state index contributed by atoms with van der Waals surface area (Å²) in [4.78, 5) is 2.55. The van der Waals surface area contributed by atoms with E-state index in [0.29, 0.717) is 10.5 Å². The third-order valence-corrected chi connectivity index (χ3v) is 7.32. The SMILES string of the molecule is C=C/C=C\C/C=C\C=C/C(C)Sc1ccc(-c2ccc(SC(C)/C=C(/C=C)C/C=C\C=C)cc2)cc1. The molecule has 0 amide bonds. The van der Waals surface area contributed by atoms with Gasteiger partial charge in [0.05, 0.1) is 0 Å². The van der Waals surface area contributed by atoms with Crippen LogP contribution in [0.15, 0.2) is 157 Å². The molecule has 0 spiro atoms. The van der Waals surface area contributed by atoms with Crippen molar-refractivity contribution in [1.29, 1.82) is 0 Å². The fraction of sp³-hybridized carbons (Fsp3) is 0.176. The first-order valence-corrected chi connectivity index (χ1v) is 14.1. The Balaban J connectivity index is 1.90. The van der Waals surface area contributed by atoms with Crippen LogP contribution < -0.4 is 0 Å². The molecule has 36 heavy (non-hydrogen) atoms. The van der Waals surface area contributed by atoms with Crippen LogP contribution in [-0.4, -0.2) is 10.5 Å². The Labute approximate surface area is 227 Å². The van der Waals surface area contributed by atoms with Crippen LogP contribution >= 0.6 is 23.5 Å². The van der Waals surface area contributed by atoms with E-state index in [9.17, 15) is 0 Å². The predicted molar refractivity (Wildman–Crippen MR) is 167 cm³/mol. The quantitative estimate of drug-likeness (QED) is 0.173. The Hall–Kier alpha value is -2.94. The lowest BCUT2D eigenvalue weighted by molar-refractivity contribution is 1.17. The summed E-state index contributed by atoms with van der Waals surface area (Å²) in [6.07, 6.45) is 26.4. The zero-order chi connectivity index (χ0) is 26.0. The normalized spacial score (nSPS) is 14.1. The van der Waals surface area contributed by atoms with Gasteiger partial charge in [0.25, 0.3) is 0 Å². The van der Waals surface area contributed by atoms with Crippen molar-refractivity contribution < 1.29 is 0 Å². The fourth-order valence-corrected chi connectivity index (χ4v) is 5.26. The van der Waals surface area contributed by atoms with Crippen LogP contribution in [0.4, 0.5) is 0 Å². The standard InChI is InChI=1S/C34H38S2/c1-6-9-11-12-13-14-16-17-28(4)35-33-23-19-31(20-24-33)32-21-25-34(26-22-32)36-29(5)27-30(8-3)18-15-10-7-2/h6-11,13-17,19-29H,1-3,12,18H2,4-5H3/b11-9-,14-13-,15-10-,17-16-,30-27-. The molecular weight excluding hydrogens is 473 g/mol. The average Bonchev–Trinajstić information content (AvgIpc) is 2.88.